The standard InChI is InChI=1S/C59H71N13O15/c73-46(17-7-18-47(74)75)62-19-2-1-16-44-45-34-69-58(86)42-14-5-10-38(50(42)78)54(82)65-24-28-72(29-25-66-55(83)39-11-6-15-43(51(39)79)59(87)70-44)31-30-71-26-22-63-52(80)36-8-3-12-40(48(36)76)56(84)67-32-35(60-20-21-61-45)33-68-57(85)41-13-4-9-37(49(41)77)53(81)64-23-27-71/h3-6,8-15,44,76-79H,1-2,7,16-34H2,(H,62,73)(H,63,80)(H,64,81)(H,65,82)(H,66,83)(H,67,84)(H,68,85)(H,69,86)(H,70,87)(H,74,75). The van der Waals surface area contributed by atoms with Crippen LogP contribution in [0.25, 0.3) is 0 Å². The van der Waals surface area contributed by atoms with Gasteiger partial charge in [0.15, 0.2) is 0 Å². The van der Waals surface area contributed by atoms with Crippen LogP contribution in [0.1, 0.15) is 121 Å². The number of fused-ring (bicyclic) bond motifs is 10. The Hall–Kier alpha value is -9.96. The van der Waals surface area contributed by atoms with Crippen LogP contribution >= 0.6 is 0 Å². The van der Waals surface area contributed by atoms with Crippen molar-refractivity contribution in [2.24, 2.45) is 9.98 Å². The maximum absolute atomic E-state index is 14.5. The summed E-state index contributed by atoms with van der Waals surface area (Å²) >= 11 is 0. The van der Waals surface area contributed by atoms with Crippen LogP contribution < -0.4 is 47.9 Å². The first-order valence-electron chi connectivity index (χ1n) is 28.4. The molecule has 2 unspecified atom stereocenters. The van der Waals surface area contributed by atoms with Crippen molar-refractivity contribution in [3.05, 3.63) is 117 Å². The summed E-state index contributed by atoms with van der Waals surface area (Å²) in [6, 6.07) is 15.1. The first-order chi connectivity index (χ1) is 41.9. The summed E-state index contributed by atoms with van der Waals surface area (Å²) in [6.45, 7) is -0.561. The van der Waals surface area contributed by atoms with Crippen LogP contribution in [0.5, 0.6) is 23.0 Å². The number of benzene rings is 4. The van der Waals surface area contributed by atoms with Gasteiger partial charge >= 0.3 is 5.97 Å². The van der Waals surface area contributed by atoms with E-state index in [0.29, 0.717) is 6.42 Å². The number of hydrogen-bond acceptors (Lipinski definition) is 18. The van der Waals surface area contributed by atoms with Crippen molar-refractivity contribution >= 4 is 70.6 Å². The molecule has 0 aromatic heterocycles. The number of carbonyl (C=O) groups excluding carboxylic acids is 9. The van der Waals surface area contributed by atoms with Gasteiger partial charge in [-0.1, -0.05) is 24.3 Å². The smallest absolute Gasteiger partial charge is 0.303 e. The zero-order valence-electron chi connectivity index (χ0n) is 47.7. The molecule has 5 aliphatic heterocycles. The minimum atomic E-state index is -1.09. The Labute approximate surface area is 499 Å². The zero-order chi connectivity index (χ0) is 62.4. The minimum absolute atomic E-state index is 0.0132. The molecule has 9 rings (SSSR count). The molecule has 4 aromatic rings. The first-order valence-corrected chi connectivity index (χ1v) is 28.4. The lowest BCUT2D eigenvalue weighted by Gasteiger charge is -2.28. The fourth-order valence-electron chi connectivity index (χ4n) is 9.72. The number of nitrogens with zero attached hydrogens (tertiary/aromatic N) is 4. The third kappa shape index (κ3) is 18.3. The third-order valence-electron chi connectivity index (χ3n) is 14.5. The topological polar surface area (TPSA) is 411 Å². The molecule has 0 fully saturated rings. The van der Waals surface area contributed by atoms with Gasteiger partial charge < -0.3 is 73.4 Å². The molecular formula is C59H71N13O15. The molecule has 9 amide bonds. The Morgan fingerprint density at radius 1 is 0.448 bits per heavy atom. The molecule has 0 aliphatic carbocycles. The predicted molar refractivity (Wildman–Crippen MR) is 316 cm³/mol. The van der Waals surface area contributed by atoms with E-state index in [1.54, 1.807) is 0 Å². The van der Waals surface area contributed by atoms with E-state index < -0.39 is 88.8 Å². The van der Waals surface area contributed by atoms with Gasteiger partial charge in [0.2, 0.25) is 5.91 Å². The highest BCUT2D eigenvalue weighted by atomic mass is 16.4. The van der Waals surface area contributed by atoms with Crippen LogP contribution in [0.2, 0.25) is 0 Å². The highest BCUT2D eigenvalue weighted by Crippen LogP contribution is 2.26. The van der Waals surface area contributed by atoms with Crippen LogP contribution in [0.4, 0.5) is 0 Å². The fraction of sp³-hybridized carbons (Fsp3) is 0.390. The van der Waals surface area contributed by atoms with Gasteiger partial charge in [-0.05, 0) is 74.2 Å². The molecule has 5 aliphatic rings. The highest BCUT2D eigenvalue weighted by Gasteiger charge is 2.28. The van der Waals surface area contributed by atoms with E-state index in [4.69, 9.17) is 10.1 Å². The van der Waals surface area contributed by atoms with Crippen molar-refractivity contribution in [3.8, 4) is 23.0 Å². The number of unbranched alkanes of at least 4 members (excludes halogenated alkanes) is 1. The summed E-state index contributed by atoms with van der Waals surface area (Å²) in [5.74, 6) is -10.2. The third-order valence-corrected chi connectivity index (χ3v) is 14.5. The maximum Gasteiger partial charge on any atom is 0.303 e. The number of hydrogen-bond donors (Lipinski definition) is 14. The molecular weight excluding hydrogens is 1130 g/mol. The number of aliphatic imine (C=N–C) groups is 2. The van der Waals surface area contributed by atoms with Gasteiger partial charge in [-0.2, -0.15) is 0 Å². The quantitative estimate of drug-likeness (QED) is 0.0972. The summed E-state index contributed by atoms with van der Waals surface area (Å²) in [7, 11) is 0. The summed E-state index contributed by atoms with van der Waals surface area (Å²) in [6.07, 6.45) is 0.580. The average molecular weight is 1200 g/mol. The van der Waals surface area contributed by atoms with E-state index in [1.807, 2.05) is 9.80 Å². The molecule has 462 valence electrons. The molecule has 0 saturated carbocycles. The zero-order valence-corrected chi connectivity index (χ0v) is 47.7. The van der Waals surface area contributed by atoms with E-state index in [2.05, 4.69) is 52.8 Å². The molecule has 28 nitrogen and oxygen atoms in total. The van der Waals surface area contributed by atoms with E-state index in [-0.39, 0.29) is 192 Å². The molecule has 4 aromatic carbocycles. The van der Waals surface area contributed by atoms with Crippen molar-refractivity contribution in [1.29, 1.82) is 0 Å². The second kappa shape index (κ2) is 31.8. The minimum Gasteiger partial charge on any atom is -0.506 e. The molecule has 0 radical (unpaired) electrons. The van der Waals surface area contributed by atoms with Gasteiger partial charge in [0.05, 0.1) is 94.7 Å². The number of carboxylic acid groups (broad SMARTS) is 1. The Bertz CT molecular complexity index is 3230. The average Bonchev–Trinajstić information content (AvgIpc) is 3.25. The van der Waals surface area contributed by atoms with Crippen LogP contribution in [0.3, 0.4) is 0 Å². The summed E-state index contributed by atoms with van der Waals surface area (Å²) < 4.78 is 0. The van der Waals surface area contributed by atoms with Crippen molar-refractivity contribution < 1.29 is 73.5 Å². The van der Waals surface area contributed by atoms with Gasteiger partial charge in [0.1, 0.15) is 23.0 Å². The van der Waals surface area contributed by atoms with Crippen LogP contribution in [0.15, 0.2) is 82.8 Å². The first kappa shape index (κ1) is 64.6. The number of carbonyl (C=O) groups is 10. The number of nitrogens with one attached hydrogen (secondary N) is 9. The normalized spacial score (nSPS) is 19.2. The molecule has 12 bridgehead atoms. The number of rotatable bonds is 9. The lowest BCUT2D eigenvalue weighted by atomic mass is 10.0. The molecule has 14 N–H and O–H groups in total. The van der Waals surface area contributed by atoms with Gasteiger partial charge in [-0.15, -0.1) is 0 Å². The largest absolute Gasteiger partial charge is 0.506 e. The molecule has 5 heterocycles. The molecule has 28 heteroatoms. The number of carboxylic acids is 1. The van der Waals surface area contributed by atoms with Crippen molar-refractivity contribution in [2.75, 3.05) is 105 Å². The Morgan fingerprint density at radius 2 is 0.805 bits per heavy atom. The van der Waals surface area contributed by atoms with Crippen LogP contribution in [0, 0.1) is 0 Å². The van der Waals surface area contributed by atoms with Gasteiger partial charge in [0, 0.05) is 84.8 Å². The van der Waals surface area contributed by atoms with E-state index in [1.165, 1.54) is 72.8 Å². The summed E-state index contributed by atoms with van der Waals surface area (Å²) in [4.78, 5) is 148. The summed E-state index contributed by atoms with van der Waals surface area (Å²) in [5, 5.41) is 79.6. The predicted octanol–water partition coefficient (Wildman–Crippen LogP) is -0.115. The molecule has 0 spiro atoms. The highest BCUT2D eigenvalue weighted by molar-refractivity contribution is 6.09. The second-order valence-corrected chi connectivity index (χ2v) is 20.5. The van der Waals surface area contributed by atoms with Crippen molar-refractivity contribution in [3.63, 3.8) is 0 Å². The van der Waals surface area contributed by atoms with E-state index in [9.17, 15) is 68.4 Å². The molecule has 2 atom stereocenters. The number of phenolic OH excluding ortho intramolecular Hbond substituents is 4. The lowest BCUT2D eigenvalue weighted by Crippen LogP contribution is -2.46. The Morgan fingerprint density at radius 3 is 1.20 bits per heavy atom. The Balaban J connectivity index is 1.34. The molecule has 87 heavy (non-hydrogen) atoms. The fourth-order valence-corrected chi connectivity index (χ4v) is 9.72. The van der Waals surface area contributed by atoms with Gasteiger partial charge in [0.25, 0.3) is 47.3 Å². The van der Waals surface area contributed by atoms with Gasteiger partial charge in [-0.25, -0.2) is 0 Å². The molecule has 0 saturated heterocycles. The van der Waals surface area contributed by atoms with Crippen LogP contribution in [-0.2, 0) is 9.59 Å². The van der Waals surface area contributed by atoms with Crippen molar-refractivity contribution in [2.45, 2.75) is 44.6 Å². The lowest BCUT2D eigenvalue weighted by molar-refractivity contribution is -0.137. The number of aliphatic carboxylic acids is 1. The maximum atomic E-state index is 14.5. The number of aromatic hydroxyl groups is 4. The van der Waals surface area contributed by atoms with Crippen molar-refractivity contribution in [1.82, 2.24) is 57.7 Å². The van der Waals surface area contributed by atoms with Gasteiger partial charge in [-0.3, -0.25) is 67.7 Å². The number of phenols is 4. The number of amides is 9. The monoisotopic (exact) mass is 1200 g/mol. The van der Waals surface area contributed by atoms with E-state index >= 15 is 0 Å². The van der Waals surface area contributed by atoms with E-state index in [0.717, 1.165) is 0 Å². The summed E-state index contributed by atoms with van der Waals surface area (Å²) in [5.41, 5.74) is -1.79. The van der Waals surface area contributed by atoms with Crippen LogP contribution in [-0.4, -0.2) is 217 Å². The number of para-hydroxylation sites is 4. The SMILES string of the molecule is O=C(O)CCCC(=O)NCCCCC1NC(=O)c2cccc(c2O)C(=O)NCCN2CCNC(=O)c3cccc(c3O)C(=O)NCC1=NCCN=C1CNC(=O)c3cccc(c3O)C(=O)NCCN(CCNC(=O)c3cccc(c3O)C(=O)NC1)CC2. The second-order valence-electron chi connectivity index (χ2n) is 20.5. The Kier molecular flexibility index (Phi) is 23.6.